The number of carbonyl (C=O) groups is 2. The summed E-state index contributed by atoms with van der Waals surface area (Å²) in [6.07, 6.45) is 7.80. The Morgan fingerprint density at radius 2 is 1.29 bits per heavy atom. The van der Waals surface area contributed by atoms with E-state index in [1.54, 1.807) is 25.3 Å². The molecule has 0 aromatic heterocycles. The van der Waals surface area contributed by atoms with Gasteiger partial charge in [-0.1, -0.05) is 64.1 Å². The highest BCUT2D eigenvalue weighted by Gasteiger charge is 2.21. The summed E-state index contributed by atoms with van der Waals surface area (Å²) in [6, 6.07) is 22.8. The van der Waals surface area contributed by atoms with Crippen molar-refractivity contribution >= 4 is 18.0 Å². The molecule has 0 N–H and O–H groups in total. The zero-order valence-corrected chi connectivity index (χ0v) is 25.6. The normalized spacial score (nSPS) is 12.1. The summed E-state index contributed by atoms with van der Waals surface area (Å²) >= 11 is 0. The van der Waals surface area contributed by atoms with Gasteiger partial charge in [-0.2, -0.15) is 0 Å². The number of hydrogen-bond donors (Lipinski definition) is 0. The van der Waals surface area contributed by atoms with Crippen LogP contribution in [0.4, 0.5) is 0 Å². The smallest absolute Gasteiger partial charge is 0.336 e. The van der Waals surface area contributed by atoms with Crippen molar-refractivity contribution in [2.24, 2.45) is 11.3 Å². The lowest BCUT2D eigenvalue weighted by Crippen LogP contribution is -2.21. The van der Waals surface area contributed by atoms with Crippen LogP contribution in [0.1, 0.15) is 65.4 Å². The van der Waals surface area contributed by atoms with Crippen molar-refractivity contribution in [1.82, 2.24) is 0 Å². The summed E-state index contributed by atoms with van der Waals surface area (Å²) in [5, 5.41) is 0. The number of benzene rings is 3. The van der Waals surface area contributed by atoms with E-state index in [2.05, 4.69) is 20.8 Å². The van der Waals surface area contributed by atoms with Crippen molar-refractivity contribution in [3.05, 3.63) is 84.4 Å². The van der Waals surface area contributed by atoms with Gasteiger partial charge in [-0.15, -0.1) is 0 Å². The summed E-state index contributed by atoms with van der Waals surface area (Å²) in [4.78, 5) is 24.3. The number of ether oxygens (including phenoxy) is 4. The van der Waals surface area contributed by atoms with E-state index < -0.39 is 5.97 Å². The quantitative estimate of drug-likeness (QED) is 0.0787. The largest absolute Gasteiger partial charge is 0.497 e. The van der Waals surface area contributed by atoms with Crippen LogP contribution in [-0.4, -0.2) is 32.3 Å². The first-order chi connectivity index (χ1) is 20.1. The molecule has 0 fully saturated rings. The van der Waals surface area contributed by atoms with E-state index in [-0.39, 0.29) is 17.3 Å². The molecule has 1 unspecified atom stereocenters. The van der Waals surface area contributed by atoms with Crippen molar-refractivity contribution in [1.29, 1.82) is 0 Å². The minimum Gasteiger partial charge on any atom is -0.497 e. The van der Waals surface area contributed by atoms with Gasteiger partial charge in [0.05, 0.1) is 26.2 Å². The maximum atomic E-state index is 12.2. The van der Waals surface area contributed by atoms with Crippen molar-refractivity contribution in [2.45, 2.75) is 59.8 Å². The molecule has 224 valence electrons. The minimum atomic E-state index is -0.440. The Balaban J connectivity index is 1.32. The molecular formula is C36H44O6. The lowest BCUT2D eigenvalue weighted by molar-refractivity contribution is -0.149. The molecule has 0 aliphatic heterocycles. The van der Waals surface area contributed by atoms with Gasteiger partial charge in [0.15, 0.2) is 0 Å². The molecular weight excluding hydrogens is 528 g/mol. The molecule has 0 spiro atoms. The zero-order valence-electron chi connectivity index (χ0n) is 25.6. The standard InChI is InChI=1S/C36H44O6/c1-27(26-36(2,3)4)35(38)41-25-9-7-6-8-24-40-32-19-13-29(14-20-32)30-15-21-33(22-16-30)42-34(37)23-12-28-10-17-31(39-5)18-11-28/h10-23,27H,6-9,24-26H2,1-5H3/b23-12+. The summed E-state index contributed by atoms with van der Waals surface area (Å²) in [5.41, 5.74) is 3.07. The highest BCUT2D eigenvalue weighted by molar-refractivity contribution is 5.88. The Bertz CT molecular complexity index is 1270. The molecule has 0 bridgehead atoms. The highest BCUT2D eigenvalue weighted by atomic mass is 16.5. The third-order valence-corrected chi connectivity index (χ3v) is 6.66. The Hall–Kier alpha value is -4.06. The molecule has 0 saturated heterocycles. The van der Waals surface area contributed by atoms with E-state index in [1.807, 2.05) is 67.6 Å². The van der Waals surface area contributed by atoms with Crippen molar-refractivity contribution in [3.63, 3.8) is 0 Å². The van der Waals surface area contributed by atoms with E-state index in [1.165, 1.54) is 6.08 Å². The fourth-order valence-corrected chi connectivity index (χ4v) is 4.55. The van der Waals surface area contributed by atoms with Crippen LogP contribution < -0.4 is 14.2 Å². The van der Waals surface area contributed by atoms with Crippen LogP contribution in [0.3, 0.4) is 0 Å². The Morgan fingerprint density at radius 3 is 1.86 bits per heavy atom. The monoisotopic (exact) mass is 572 g/mol. The van der Waals surface area contributed by atoms with Crippen LogP contribution in [0.25, 0.3) is 17.2 Å². The topological polar surface area (TPSA) is 71.1 Å². The molecule has 6 nitrogen and oxygen atoms in total. The average Bonchev–Trinajstić information content (AvgIpc) is 2.97. The van der Waals surface area contributed by atoms with Crippen LogP contribution in [0.5, 0.6) is 17.2 Å². The van der Waals surface area contributed by atoms with Crippen LogP contribution >= 0.6 is 0 Å². The van der Waals surface area contributed by atoms with Crippen molar-refractivity contribution in [3.8, 4) is 28.4 Å². The SMILES string of the molecule is COc1ccc(/C=C/C(=O)Oc2ccc(-c3ccc(OCCCCCCOC(=O)C(C)CC(C)(C)C)cc3)cc2)cc1. The van der Waals surface area contributed by atoms with Gasteiger partial charge in [0.2, 0.25) is 0 Å². The zero-order chi connectivity index (χ0) is 30.4. The number of unbranched alkanes of at least 4 members (excludes halogenated alkanes) is 3. The Labute approximate surface area is 250 Å². The molecule has 6 heteroatoms. The predicted molar refractivity (Wildman–Crippen MR) is 168 cm³/mol. The first-order valence-corrected chi connectivity index (χ1v) is 14.7. The van der Waals surface area contributed by atoms with Crippen molar-refractivity contribution < 1.29 is 28.5 Å². The Morgan fingerprint density at radius 1 is 0.738 bits per heavy atom. The summed E-state index contributed by atoms with van der Waals surface area (Å²) in [5.74, 6) is 1.48. The van der Waals surface area contributed by atoms with Gasteiger partial charge < -0.3 is 18.9 Å². The van der Waals surface area contributed by atoms with E-state index in [4.69, 9.17) is 18.9 Å². The molecule has 3 aromatic rings. The second-order valence-electron chi connectivity index (χ2n) is 11.7. The second-order valence-corrected chi connectivity index (χ2v) is 11.7. The van der Waals surface area contributed by atoms with E-state index >= 15 is 0 Å². The third-order valence-electron chi connectivity index (χ3n) is 6.66. The predicted octanol–water partition coefficient (Wildman–Crippen LogP) is 8.54. The molecule has 0 saturated carbocycles. The number of rotatable bonds is 15. The first-order valence-electron chi connectivity index (χ1n) is 14.7. The van der Waals surface area contributed by atoms with Crippen LogP contribution in [0, 0.1) is 11.3 Å². The highest BCUT2D eigenvalue weighted by Crippen LogP contribution is 2.26. The van der Waals surface area contributed by atoms with Gasteiger partial charge in [0.25, 0.3) is 0 Å². The first kappa shape index (κ1) is 32.5. The third kappa shape index (κ3) is 11.8. The summed E-state index contributed by atoms with van der Waals surface area (Å²) in [7, 11) is 1.61. The maximum absolute atomic E-state index is 12.2. The van der Waals surface area contributed by atoms with Crippen LogP contribution in [0.15, 0.2) is 78.9 Å². The van der Waals surface area contributed by atoms with Gasteiger partial charge in [-0.25, -0.2) is 4.79 Å². The molecule has 0 amide bonds. The molecule has 3 aromatic carbocycles. The minimum absolute atomic E-state index is 0.0618. The molecule has 0 aliphatic rings. The number of methoxy groups -OCH3 is 1. The van der Waals surface area contributed by atoms with E-state index in [9.17, 15) is 9.59 Å². The number of esters is 2. The maximum Gasteiger partial charge on any atom is 0.336 e. The summed E-state index contributed by atoms with van der Waals surface area (Å²) < 4.78 is 21.9. The van der Waals surface area contributed by atoms with Gasteiger partial charge in [-0.05, 0) is 96.7 Å². The molecule has 0 aliphatic carbocycles. The Kier molecular flexibility index (Phi) is 12.7. The van der Waals surface area contributed by atoms with Gasteiger partial charge in [0.1, 0.15) is 17.2 Å². The fraction of sp³-hybridized carbons (Fsp3) is 0.389. The summed E-state index contributed by atoms with van der Waals surface area (Å²) in [6.45, 7) is 9.49. The van der Waals surface area contributed by atoms with E-state index in [0.29, 0.717) is 19.0 Å². The molecule has 1 atom stereocenters. The van der Waals surface area contributed by atoms with Gasteiger partial charge in [-0.3, -0.25) is 4.79 Å². The molecule has 42 heavy (non-hydrogen) atoms. The molecule has 0 radical (unpaired) electrons. The van der Waals surface area contributed by atoms with Crippen LogP contribution in [-0.2, 0) is 14.3 Å². The molecule has 3 rings (SSSR count). The number of carbonyl (C=O) groups excluding carboxylic acids is 2. The fourth-order valence-electron chi connectivity index (χ4n) is 4.55. The van der Waals surface area contributed by atoms with E-state index in [0.717, 1.165) is 60.3 Å². The molecule has 0 heterocycles. The van der Waals surface area contributed by atoms with Gasteiger partial charge in [0, 0.05) is 6.08 Å². The van der Waals surface area contributed by atoms with Crippen molar-refractivity contribution in [2.75, 3.05) is 20.3 Å². The van der Waals surface area contributed by atoms with Crippen LogP contribution in [0.2, 0.25) is 0 Å². The second kappa shape index (κ2) is 16.4. The number of hydrogen-bond acceptors (Lipinski definition) is 6. The van der Waals surface area contributed by atoms with Gasteiger partial charge >= 0.3 is 11.9 Å². The average molecular weight is 573 g/mol. The lowest BCUT2D eigenvalue weighted by Gasteiger charge is -2.22. The lowest BCUT2D eigenvalue weighted by atomic mass is 9.85.